The summed E-state index contributed by atoms with van der Waals surface area (Å²) in [4.78, 5) is 28.3. The SMILES string of the molecule is O=C(CSC1CCCC1)NCCn1cnc(-c2ccc(F)cc2)cc1=O. The Bertz CT molecular complexity index is 801. The number of rotatable bonds is 7. The van der Waals surface area contributed by atoms with Crippen molar-refractivity contribution in [3.8, 4) is 11.3 Å². The standard InChI is InChI=1S/C19H22FN3O2S/c20-15-7-5-14(6-8-15)17-11-19(25)23(13-22-17)10-9-21-18(24)12-26-16-3-1-2-4-16/h5-8,11,13,16H,1-4,9-10,12H2,(H,21,24). The molecule has 5 nitrogen and oxygen atoms in total. The van der Waals surface area contributed by atoms with Crippen molar-refractivity contribution >= 4 is 17.7 Å². The van der Waals surface area contributed by atoms with Gasteiger partial charge >= 0.3 is 0 Å². The Labute approximate surface area is 156 Å². The number of thioether (sulfide) groups is 1. The van der Waals surface area contributed by atoms with Crippen molar-refractivity contribution in [3.63, 3.8) is 0 Å². The Balaban J connectivity index is 1.48. The lowest BCUT2D eigenvalue weighted by Gasteiger charge is -2.10. The molecule has 0 spiro atoms. The number of nitrogens with one attached hydrogen (secondary N) is 1. The first-order chi connectivity index (χ1) is 12.6. The van der Waals surface area contributed by atoms with Crippen LogP contribution in [0.15, 0.2) is 41.5 Å². The maximum absolute atomic E-state index is 13.0. The molecule has 26 heavy (non-hydrogen) atoms. The van der Waals surface area contributed by atoms with E-state index in [1.165, 1.54) is 54.8 Å². The highest BCUT2D eigenvalue weighted by Crippen LogP contribution is 2.28. The molecule has 1 aliphatic carbocycles. The fraction of sp³-hybridized carbons (Fsp3) is 0.421. The molecule has 1 aromatic heterocycles. The van der Waals surface area contributed by atoms with E-state index in [-0.39, 0.29) is 17.3 Å². The first-order valence-corrected chi connectivity index (χ1v) is 9.87. The highest BCUT2D eigenvalue weighted by Gasteiger charge is 2.16. The number of carbonyl (C=O) groups is 1. The van der Waals surface area contributed by atoms with Gasteiger partial charge in [0.1, 0.15) is 5.82 Å². The van der Waals surface area contributed by atoms with Crippen LogP contribution in [0.4, 0.5) is 4.39 Å². The van der Waals surface area contributed by atoms with Crippen LogP contribution in [-0.4, -0.2) is 33.0 Å². The molecule has 1 N–H and O–H groups in total. The Hall–Kier alpha value is -2.15. The fourth-order valence-electron chi connectivity index (χ4n) is 2.99. The monoisotopic (exact) mass is 375 g/mol. The van der Waals surface area contributed by atoms with Gasteiger partial charge in [-0.05, 0) is 37.1 Å². The third kappa shape index (κ3) is 5.17. The van der Waals surface area contributed by atoms with Crippen molar-refractivity contribution in [2.24, 2.45) is 0 Å². The second-order valence-electron chi connectivity index (χ2n) is 6.38. The van der Waals surface area contributed by atoms with Crippen molar-refractivity contribution in [2.45, 2.75) is 37.5 Å². The molecule has 1 heterocycles. The molecule has 0 radical (unpaired) electrons. The van der Waals surface area contributed by atoms with E-state index in [1.54, 1.807) is 23.9 Å². The van der Waals surface area contributed by atoms with Crippen molar-refractivity contribution in [1.82, 2.24) is 14.9 Å². The largest absolute Gasteiger partial charge is 0.354 e. The molecule has 1 saturated carbocycles. The molecule has 3 rings (SSSR count). The molecule has 1 fully saturated rings. The summed E-state index contributed by atoms with van der Waals surface area (Å²) in [6.07, 6.45) is 6.41. The van der Waals surface area contributed by atoms with Crippen LogP contribution in [0.3, 0.4) is 0 Å². The summed E-state index contributed by atoms with van der Waals surface area (Å²) >= 11 is 1.72. The second-order valence-corrected chi connectivity index (χ2v) is 7.67. The van der Waals surface area contributed by atoms with Crippen LogP contribution >= 0.6 is 11.8 Å². The van der Waals surface area contributed by atoms with Gasteiger partial charge in [-0.2, -0.15) is 0 Å². The van der Waals surface area contributed by atoms with Gasteiger partial charge in [0.2, 0.25) is 5.91 Å². The predicted molar refractivity (Wildman–Crippen MR) is 102 cm³/mol. The zero-order valence-corrected chi connectivity index (χ0v) is 15.3. The minimum Gasteiger partial charge on any atom is -0.354 e. The molecule has 7 heteroatoms. The molecule has 0 bridgehead atoms. The number of amides is 1. The van der Waals surface area contributed by atoms with E-state index in [4.69, 9.17) is 0 Å². The van der Waals surface area contributed by atoms with Crippen LogP contribution in [0, 0.1) is 5.82 Å². The molecule has 0 aliphatic heterocycles. The fourth-order valence-corrected chi connectivity index (χ4v) is 4.14. The van der Waals surface area contributed by atoms with Gasteiger partial charge in [-0.15, -0.1) is 11.8 Å². The number of benzene rings is 1. The van der Waals surface area contributed by atoms with Gasteiger partial charge in [0.05, 0.1) is 17.8 Å². The van der Waals surface area contributed by atoms with Crippen LogP contribution in [0.25, 0.3) is 11.3 Å². The third-order valence-electron chi connectivity index (χ3n) is 4.45. The van der Waals surface area contributed by atoms with Crippen molar-refractivity contribution in [1.29, 1.82) is 0 Å². The maximum Gasteiger partial charge on any atom is 0.253 e. The average Bonchev–Trinajstić information content (AvgIpc) is 3.15. The lowest BCUT2D eigenvalue weighted by Crippen LogP contribution is -2.32. The molecule has 1 aliphatic rings. The number of aromatic nitrogens is 2. The van der Waals surface area contributed by atoms with Crippen molar-refractivity contribution in [3.05, 3.63) is 52.8 Å². The van der Waals surface area contributed by atoms with E-state index < -0.39 is 0 Å². The summed E-state index contributed by atoms with van der Waals surface area (Å²) in [7, 11) is 0. The van der Waals surface area contributed by atoms with Crippen LogP contribution in [0.1, 0.15) is 25.7 Å². The van der Waals surface area contributed by atoms with Crippen molar-refractivity contribution in [2.75, 3.05) is 12.3 Å². The zero-order chi connectivity index (χ0) is 18.4. The Morgan fingerprint density at radius 1 is 1.27 bits per heavy atom. The first kappa shape index (κ1) is 18.6. The van der Waals surface area contributed by atoms with E-state index in [9.17, 15) is 14.0 Å². The van der Waals surface area contributed by atoms with Crippen LogP contribution in [0.5, 0.6) is 0 Å². The highest BCUT2D eigenvalue weighted by molar-refractivity contribution is 8.00. The van der Waals surface area contributed by atoms with Gasteiger partial charge in [-0.1, -0.05) is 12.8 Å². The summed E-state index contributed by atoms with van der Waals surface area (Å²) in [6.45, 7) is 0.761. The number of hydrogen-bond acceptors (Lipinski definition) is 4. The first-order valence-electron chi connectivity index (χ1n) is 8.82. The van der Waals surface area contributed by atoms with E-state index >= 15 is 0 Å². The molecule has 0 unspecified atom stereocenters. The summed E-state index contributed by atoms with van der Waals surface area (Å²) in [5, 5.41) is 3.46. The number of carbonyl (C=O) groups excluding carboxylic acids is 1. The average molecular weight is 375 g/mol. The lowest BCUT2D eigenvalue weighted by molar-refractivity contribution is -0.118. The van der Waals surface area contributed by atoms with Gasteiger partial charge < -0.3 is 5.32 Å². The summed E-state index contributed by atoms with van der Waals surface area (Å²) in [5.41, 5.74) is 0.991. The van der Waals surface area contributed by atoms with Crippen LogP contribution < -0.4 is 10.9 Å². The summed E-state index contributed by atoms with van der Waals surface area (Å²) < 4.78 is 14.4. The van der Waals surface area contributed by atoms with Gasteiger partial charge in [0.25, 0.3) is 5.56 Å². The normalized spacial score (nSPS) is 14.5. The van der Waals surface area contributed by atoms with Gasteiger partial charge in [-0.25, -0.2) is 9.37 Å². The van der Waals surface area contributed by atoms with Gasteiger partial charge in [0.15, 0.2) is 0 Å². The maximum atomic E-state index is 13.0. The number of nitrogens with zero attached hydrogens (tertiary/aromatic N) is 2. The second kappa shape index (κ2) is 8.98. The number of hydrogen-bond donors (Lipinski definition) is 1. The van der Waals surface area contributed by atoms with Crippen molar-refractivity contribution < 1.29 is 9.18 Å². The quantitative estimate of drug-likeness (QED) is 0.808. The molecule has 0 atom stereocenters. The minimum absolute atomic E-state index is 0.00541. The van der Waals surface area contributed by atoms with Crippen LogP contribution in [0.2, 0.25) is 0 Å². The molecular formula is C19H22FN3O2S. The van der Waals surface area contributed by atoms with E-state index in [0.717, 1.165) is 0 Å². The molecule has 1 aromatic carbocycles. The highest BCUT2D eigenvalue weighted by atomic mass is 32.2. The molecular weight excluding hydrogens is 353 g/mol. The van der Waals surface area contributed by atoms with Crippen LogP contribution in [-0.2, 0) is 11.3 Å². The smallest absolute Gasteiger partial charge is 0.253 e. The Kier molecular flexibility index (Phi) is 6.44. The topological polar surface area (TPSA) is 64.0 Å². The summed E-state index contributed by atoms with van der Waals surface area (Å²) in [5.74, 6) is 0.149. The van der Waals surface area contributed by atoms with Gasteiger partial charge in [0, 0.05) is 30.0 Å². The summed E-state index contributed by atoms with van der Waals surface area (Å²) in [6, 6.07) is 7.27. The lowest BCUT2D eigenvalue weighted by atomic mass is 10.1. The van der Waals surface area contributed by atoms with Gasteiger partial charge in [-0.3, -0.25) is 14.2 Å². The molecule has 0 saturated heterocycles. The van der Waals surface area contributed by atoms with E-state index in [2.05, 4.69) is 10.3 Å². The number of halogens is 1. The third-order valence-corrected chi connectivity index (χ3v) is 5.82. The Morgan fingerprint density at radius 2 is 2.00 bits per heavy atom. The molecule has 2 aromatic rings. The molecule has 138 valence electrons. The minimum atomic E-state index is -0.330. The predicted octanol–water partition coefficient (Wildman–Crippen LogP) is 2.84. The van der Waals surface area contributed by atoms with E-state index in [1.807, 2.05) is 0 Å². The van der Waals surface area contributed by atoms with E-state index in [0.29, 0.717) is 35.3 Å². The molecule has 1 amide bonds. The Morgan fingerprint density at radius 3 is 2.69 bits per heavy atom. The zero-order valence-electron chi connectivity index (χ0n) is 14.5.